The van der Waals surface area contributed by atoms with Gasteiger partial charge in [-0.25, -0.2) is 4.79 Å². The minimum absolute atomic E-state index is 0.160. The molecular formula is C15H17NO5. The first-order valence-corrected chi connectivity index (χ1v) is 6.42. The van der Waals surface area contributed by atoms with E-state index in [9.17, 15) is 14.4 Å². The minimum atomic E-state index is -1.25. The fourth-order valence-corrected chi connectivity index (χ4v) is 1.70. The van der Waals surface area contributed by atoms with E-state index in [1.165, 1.54) is 0 Å². The van der Waals surface area contributed by atoms with E-state index in [-0.39, 0.29) is 12.8 Å². The number of aliphatic carboxylic acids is 2. The summed E-state index contributed by atoms with van der Waals surface area (Å²) in [6, 6.07) is 5.43. The van der Waals surface area contributed by atoms with Crippen molar-refractivity contribution in [3.8, 4) is 0 Å². The van der Waals surface area contributed by atoms with Crippen LogP contribution in [-0.2, 0) is 9.59 Å². The average Bonchev–Trinajstić information content (AvgIpc) is 2.43. The van der Waals surface area contributed by atoms with Gasteiger partial charge in [0.25, 0.3) is 5.91 Å². The SMILES string of the molecule is C/C=C/c1ccc(C(=O)N[C@@H](CCC(=O)O)C(=O)O)cc1. The average molecular weight is 291 g/mol. The Morgan fingerprint density at radius 2 is 1.81 bits per heavy atom. The van der Waals surface area contributed by atoms with E-state index in [4.69, 9.17) is 10.2 Å². The zero-order valence-corrected chi connectivity index (χ0v) is 11.6. The van der Waals surface area contributed by atoms with Crippen LogP contribution in [0.3, 0.4) is 0 Å². The van der Waals surface area contributed by atoms with Crippen LogP contribution in [0, 0.1) is 0 Å². The third-order valence-corrected chi connectivity index (χ3v) is 2.78. The number of carboxylic acid groups (broad SMARTS) is 2. The van der Waals surface area contributed by atoms with E-state index in [2.05, 4.69) is 5.32 Å². The summed E-state index contributed by atoms with van der Waals surface area (Å²) in [6.07, 6.45) is 3.25. The molecule has 0 aliphatic carbocycles. The first-order chi connectivity index (χ1) is 9.93. The van der Waals surface area contributed by atoms with E-state index in [1.54, 1.807) is 24.3 Å². The second kappa shape index (κ2) is 7.84. The number of hydrogen-bond acceptors (Lipinski definition) is 3. The van der Waals surface area contributed by atoms with E-state index in [1.807, 2.05) is 19.1 Å². The molecule has 0 aliphatic heterocycles. The largest absolute Gasteiger partial charge is 0.481 e. The zero-order valence-electron chi connectivity index (χ0n) is 11.6. The van der Waals surface area contributed by atoms with Crippen LogP contribution in [0.25, 0.3) is 6.08 Å². The molecule has 0 unspecified atom stereocenters. The summed E-state index contributed by atoms with van der Waals surface area (Å²) in [5.41, 5.74) is 1.25. The van der Waals surface area contributed by atoms with Crippen LogP contribution in [0.15, 0.2) is 30.3 Å². The molecular weight excluding hydrogens is 274 g/mol. The van der Waals surface area contributed by atoms with Gasteiger partial charge in [0.1, 0.15) is 6.04 Å². The lowest BCUT2D eigenvalue weighted by molar-refractivity contribution is -0.140. The van der Waals surface area contributed by atoms with Crippen LogP contribution in [-0.4, -0.2) is 34.1 Å². The number of carbonyl (C=O) groups excluding carboxylic acids is 1. The van der Waals surface area contributed by atoms with Gasteiger partial charge in [-0.3, -0.25) is 9.59 Å². The van der Waals surface area contributed by atoms with Crippen molar-refractivity contribution < 1.29 is 24.6 Å². The van der Waals surface area contributed by atoms with Gasteiger partial charge >= 0.3 is 11.9 Å². The molecule has 3 N–H and O–H groups in total. The number of carbonyl (C=O) groups is 3. The summed E-state index contributed by atoms with van der Waals surface area (Å²) >= 11 is 0. The van der Waals surface area contributed by atoms with Crippen LogP contribution in [0.4, 0.5) is 0 Å². The molecule has 1 rings (SSSR count). The topological polar surface area (TPSA) is 104 Å². The zero-order chi connectivity index (χ0) is 15.8. The summed E-state index contributed by atoms with van der Waals surface area (Å²) in [5.74, 6) is -2.90. The summed E-state index contributed by atoms with van der Waals surface area (Å²) in [5, 5.41) is 19.9. The standard InChI is InChI=1S/C15H17NO5/c1-2-3-10-4-6-11(7-5-10)14(19)16-12(15(20)21)8-9-13(17)18/h2-7,12H,8-9H2,1H3,(H,16,19)(H,17,18)(H,20,21)/b3-2+/t12-/m0/s1. The van der Waals surface area contributed by atoms with Crippen LogP contribution in [0.5, 0.6) is 0 Å². The third kappa shape index (κ3) is 5.48. The van der Waals surface area contributed by atoms with Crippen molar-refractivity contribution in [2.75, 3.05) is 0 Å². The van der Waals surface area contributed by atoms with Crippen LogP contribution >= 0.6 is 0 Å². The highest BCUT2D eigenvalue weighted by molar-refractivity contribution is 5.96. The lowest BCUT2D eigenvalue weighted by atomic mass is 10.1. The van der Waals surface area contributed by atoms with E-state index in [0.717, 1.165) is 5.56 Å². The molecule has 1 aromatic carbocycles. The van der Waals surface area contributed by atoms with Crippen molar-refractivity contribution in [3.63, 3.8) is 0 Å². The maximum absolute atomic E-state index is 11.9. The Morgan fingerprint density at radius 3 is 2.29 bits per heavy atom. The van der Waals surface area contributed by atoms with Gasteiger partial charge in [-0.2, -0.15) is 0 Å². The summed E-state index contributed by atoms with van der Waals surface area (Å²) in [4.78, 5) is 33.4. The predicted octanol–water partition coefficient (Wildman–Crippen LogP) is 1.77. The number of amides is 1. The first kappa shape index (κ1) is 16.4. The lowest BCUT2D eigenvalue weighted by Crippen LogP contribution is -2.41. The quantitative estimate of drug-likeness (QED) is 0.710. The molecule has 0 aliphatic rings. The van der Waals surface area contributed by atoms with Crippen molar-refractivity contribution in [3.05, 3.63) is 41.5 Å². The molecule has 6 heteroatoms. The van der Waals surface area contributed by atoms with Gasteiger partial charge in [0, 0.05) is 12.0 Å². The molecule has 21 heavy (non-hydrogen) atoms. The van der Waals surface area contributed by atoms with E-state index >= 15 is 0 Å². The van der Waals surface area contributed by atoms with Gasteiger partial charge in [0.15, 0.2) is 0 Å². The monoisotopic (exact) mass is 291 g/mol. The molecule has 0 saturated carbocycles. The van der Waals surface area contributed by atoms with Crippen molar-refractivity contribution in [1.82, 2.24) is 5.32 Å². The Morgan fingerprint density at radius 1 is 1.19 bits per heavy atom. The Hall–Kier alpha value is -2.63. The molecule has 0 heterocycles. The van der Waals surface area contributed by atoms with Gasteiger partial charge in [0.2, 0.25) is 0 Å². The molecule has 1 atom stereocenters. The molecule has 0 aromatic heterocycles. The van der Waals surface area contributed by atoms with Crippen LogP contribution in [0.1, 0.15) is 35.7 Å². The fourth-order valence-electron chi connectivity index (χ4n) is 1.70. The van der Waals surface area contributed by atoms with Crippen molar-refractivity contribution in [2.45, 2.75) is 25.8 Å². The van der Waals surface area contributed by atoms with Gasteiger partial charge < -0.3 is 15.5 Å². The molecule has 0 saturated heterocycles. The Labute approximate surface area is 122 Å². The number of benzene rings is 1. The molecule has 1 amide bonds. The summed E-state index contributed by atoms with van der Waals surface area (Å²) < 4.78 is 0. The van der Waals surface area contributed by atoms with Gasteiger partial charge in [0.05, 0.1) is 0 Å². The summed E-state index contributed by atoms with van der Waals surface area (Å²) in [6.45, 7) is 1.88. The second-order valence-corrected chi connectivity index (χ2v) is 4.42. The number of nitrogens with one attached hydrogen (secondary N) is 1. The Kier molecular flexibility index (Phi) is 6.13. The smallest absolute Gasteiger partial charge is 0.326 e. The molecule has 6 nitrogen and oxygen atoms in total. The highest BCUT2D eigenvalue weighted by atomic mass is 16.4. The maximum Gasteiger partial charge on any atom is 0.326 e. The van der Waals surface area contributed by atoms with Crippen molar-refractivity contribution >= 4 is 23.9 Å². The predicted molar refractivity (Wildman–Crippen MR) is 76.9 cm³/mol. The van der Waals surface area contributed by atoms with E-state index in [0.29, 0.717) is 5.56 Å². The number of hydrogen-bond donors (Lipinski definition) is 3. The molecule has 112 valence electrons. The minimum Gasteiger partial charge on any atom is -0.481 e. The molecule has 0 spiro atoms. The van der Waals surface area contributed by atoms with E-state index < -0.39 is 23.9 Å². The number of rotatable bonds is 7. The molecule has 0 fully saturated rings. The first-order valence-electron chi connectivity index (χ1n) is 6.42. The Bertz CT molecular complexity index is 548. The van der Waals surface area contributed by atoms with Crippen LogP contribution in [0.2, 0.25) is 0 Å². The number of allylic oxidation sites excluding steroid dienone is 1. The van der Waals surface area contributed by atoms with Gasteiger partial charge in [-0.1, -0.05) is 24.3 Å². The van der Waals surface area contributed by atoms with Crippen molar-refractivity contribution in [2.24, 2.45) is 0 Å². The highest BCUT2D eigenvalue weighted by Gasteiger charge is 2.21. The molecule has 1 aromatic rings. The fraction of sp³-hybridized carbons (Fsp3) is 0.267. The van der Waals surface area contributed by atoms with Gasteiger partial charge in [-0.15, -0.1) is 0 Å². The lowest BCUT2D eigenvalue weighted by Gasteiger charge is -2.13. The maximum atomic E-state index is 11.9. The number of carboxylic acids is 2. The van der Waals surface area contributed by atoms with Crippen molar-refractivity contribution in [1.29, 1.82) is 0 Å². The third-order valence-electron chi connectivity index (χ3n) is 2.78. The van der Waals surface area contributed by atoms with Crippen LogP contribution < -0.4 is 5.32 Å². The second-order valence-electron chi connectivity index (χ2n) is 4.42. The Balaban J connectivity index is 2.72. The molecule has 0 bridgehead atoms. The summed E-state index contributed by atoms with van der Waals surface area (Å²) in [7, 11) is 0. The molecule has 0 radical (unpaired) electrons. The normalized spacial score (nSPS) is 12.0. The highest BCUT2D eigenvalue weighted by Crippen LogP contribution is 2.07. The van der Waals surface area contributed by atoms with Gasteiger partial charge in [-0.05, 0) is 31.0 Å².